The van der Waals surface area contributed by atoms with Gasteiger partial charge < -0.3 is 10.4 Å². The van der Waals surface area contributed by atoms with Gasteiger partial charge in [-0.15, -0.1) is 11.3 Å². The summed E-state index contributed by atoms with van der Waals surface area (Å²) in [4.78, 5) is 27.9. The molecule has 2 heterocycles. The first kappa shape index (κ1) is 16.2. The van der Waals surface area contributed by atoms with Crippen LogP contribution in [0.15, 0.2) is 17.8 Å². The highest BCUT2D eigenvalue weighted by molar-refractivity contribution is 7.13. The molecule has 2 aromatic rings. The number of carbonyl (C=O) groups is 2. The van der Waals surface area contributed by atoms with Crippen LogP contribution in [-0.2, 0) is 11.8 Å². The summed E-state index contributed by atoms with van der Waals surface area (Å²) in [6.45, 7) is 3.38. The van der Waals surface area contributed by atoms with Crippen LogP contribution in [0, 0.1) is 0 Å². The van der Waals surface area contributed by atoms with Crippen LogP contribution in [-0.4, -0.2) is 37.3 Å². The molecule has 0 aliphatic heterocycles. The van der Waals surface area contributed by atoms with Crippen LogP contribution < -0.4 is 5.32 Å². The molecule has 0 aromatic carbocycles. The molecule has 0 unspecified atom stereocenters. The van der Waals surface area contributed by atoms with Crippen molar-refractivity contribution >= 4 is 23.2 Å². The Morgan fingerprint density at radius 2 is 2.23 bits per heavy atom. The highest BCUT2D eigenvalue weighted by Crippen LogP contribution is 2.23. The normalized spacial score (nSPS) is 13.6. The summed E-state index contributed by atoms with van der Waals surface area (Å²) in [6, 6.07) is 0. The summed E-state index contributed by atoms with van der Waals surface area (Å²) in [5.41, 5.74) is -0.252. The molecular formula is C14H18N4O3S. The van der Waals surface area contributed by atoms with Gasteiger partial charge in [0, 0.05) is 24.2 Å². The molecule has 0 radical (unpaired) electrons. The number of hydrogen-bond acceptors (Lipinski definition) is 5. The van der Waals surface area contributed by atoms with Crippen molar-refractivity contribution in [3.8, 4) is 10.6 Å². The van der Waals surface area contributed by atoms with Crippen LogP contribution in [0.5, 0.6) is 0 Å². The number of aryl methyl sites for hydroxylation is 1. The molecule has 0 spiro atoms. The minimum absolute atomic E-state index is 0.215. The zero-order valence-corrected chi connectivity index (χ0v) is 13.5. The first-order chi connectivity index (χ1) is 10.4. The molecule has 0 bridgehead atoms. The van der Waals surface area contributed by atoms with E-state index in [9.17, 15) is 14.7 Å². The monoisotopic (exact) mass is 322 g/mol. The Bertz CT molecular complexity index is 694. The summed E-state index contributed by atoms with van der Waals surface area (Å²) in [7, 11) is 1.80. The first-order valence-electron chi connectivity index (χ1n) is 6.86. The zero-order chi connectivity index (χ0) is 16.3. The number of rotatable bonds is 6. The Kier molecular flexibility index (Phi) is 4.60. The third-order valence-electron chi connectivity index (χ3n) is 3.30. The van der Waals surface area contributed by atoms with Crippen molar-refractivity contribution < 1.29 is 14.7 Å². The van der Waals surface area contributed by atoms with Gasteiger partial charge in [-0.25, -0.2) is 9.78 Å². The number of carbonyl (C=O) groups excluding carboxylic acids is 1. The lowest BCUT2D eigenvalue weighted by Crippen LogP contribution is -2.52. The Morgan fingerprint density at radius 1 is 1.50 bits per heavy atom. The summed E-state index contributed by atoms with van der Waals surface area (Å²) < 4.78 is 1.65. The van der Waals surface area contributed by atoms with Gasteiger partial charge in [0.2, 0.25) is 0 Å². The summed E-state index contributed by atoms with van der Waals surface area (Å²) in [5, 5.41) is 18.2. The van der Waals surface area contributed by atoms with Crippen molar-refractivity contribution in [1.29, 1.82) is 0 Å². The molecule has 2 N–H and O–H groups in total. The fraction of sp³-hybridized carbons (Fsp3) is 0.429. The maximum atomic E-state index is 12.2. The molecule has 0 fully saturated rings. The second-order valence-corrected chi connectivity index (χ2v) is 6.14. The lowest BCUT2D eigenvalue weighted by atomic mass is 9.96. The molecule has 22 heavy (non-hydrogen) atoms. The van der Waals surface area contributed by atoms with E-state index in [4.69, 9.17) is 0 Å². The SMILES string of the molecule is CCC[C@@](C)(NC(=O)c1csc(-c2cnn(C)c2)n1)C(=O)O. The van der Waals surface area contributed by atoms with E-state index in [2.05, 4.69) is 15.4 Å². The number of thiazole rings is 1. The average molecular weight is 322 g/mol. The molecule has 0 saturated heterocycles. The highest BCUT2D eigenvalue weighted by atomic mass is 32.1. The van der Waals surface area contributed by atoms with Gasteiger partial charge in [-0.1, -0.05) is 13.3 Å². The van der Waals surface area contributed by atoms with Gasteiger partial charge >= 0.3 is 5.97 Å². The third kappa shape index (κ3) is 3.33. The van der Waals surface area contributed by atoms with Gasteiger partial charge in [0.15, 0.2) is 0 Å². The molecule has 2 rings (SSSR count). The first-order valence-corrected chi connectivity index (χ1v) is 7.74. The van der Waals surface area contributed by atoms with Crippen molar-refractivity contribution in [1.82, 2.24) is 20.1 Å². The molecule has 0 saturated carbocycles. The molecule has 1 amide bonds. The quantitative estimate of drug-likeness (QED) is 0.847. The van der Waals surface area contributed by atoms with E-state index >= 15 is 0 Å². The van der Waals surface area contributed by atoms with Gasteiger partial charge in [-0.05, 0) is 13.3 Å². The van der Waals surface area contributed by atoms with Crippen molar-refractivity contribution in [3.63, 3.8) is 0 Å². The molecule has 2 aromatic heterocycles. The van der Waals surface area contributed by atoms with E-state index in [0.29, 0.717) is 17.8 Å². The van der Waals surface area contributed by atoms with E-state index < -0.39 is 17.4 Å². The molecule has 7 nitrogen and oxygen atoms in total. The molecule has 0 aliphatic carbocycles. The predicted octanol–water partition coefficient (Wildman–Crippen LogP) is 1.92. The second-order valence-electron chi connectivity index (χ2n) is 5.28. The Labute approximate surface area is 132 Å². The van der Waals surface area contributed by atoms with Crippen molar-refractivity contribution in [2.24, 2.45) is 7.05 Å². The number of aliphatic carboxylic acids is 1. The Balaban J connectivity index is 2.16. The minimum atomic E-state index is -1.29. The van der Waals surface area contributed by atoms with Crippen LogP contribution in [0.3, 0.4) is 0 Å². The lowest BCUT2D eigenvalue weighted by Gasteiger charge is -2.25. The number of aromatic nitrogens is 3. The minimum Gasteiger partial charge on any atom is -0.480 e. The maximum Gasteiger partial charge on any atom is 0.329 e. The smallest absolute Gasteiger partial charge is 0.329 e. The van der Waals surface area contributed by atoms with Gasteiger partial charge in [-0.3, -0.25) is 9.48 Å². The van der Waals surface area contributed by atoms with E-state index in [-0.39, 0.29) is 5.69 Å². The Morgan fingerprint density at radius 3 is 2.77 bits per heavy atom. The maximum absolute atomic E-state index is 12.2. The topological polar surface area (TPSA) is 97.1 Å². The van der Waals surface area contributed by atoms with Crippen LogP contribution in [0.4, 0.5) is 0 Å². The van der Waals surface area contributed by atoms with Crippen LogP contribution in [0.25, 0.3) is 10.6 Å². The predicted molar refractivity (Wildman–Crippen MR) is 82.7 cm³/mol. The van der Waals surface area contributed by atoms with Crippen molar-refractivity contribution in [2.75, 3.05) is 0 Å². The number of nitrogens with zero attached hydrogens (tertiary/aromatic N) is 3. The van der Waals surface area contributed by atoms with E-state index in [1.54, 1.807) is 29.5 Å². The molecule has 1 atom stereocenters. The summed E-state index contributed by atoms with van der Waals surface area (Å²) in [6.07, 6.45) is 4.48. The van der Waals surface area contributed by atoms with Gasteiger partial charge in [0.1, 0.15) is 16.2 Å². The standard InChI is InChI=1S/C14H18N4O3S/c1-4-5-14(2,13(20)21)17-11(19)10-8-22-12(16-10)9-6-15-18(3)7-9/h6-8H,4-5H2,1-3H3,(H,17,19)(H,20,21)/t14-/m1/s1. The van der Waals surface area contributed by atoms with Crippen LogP contribution >= 0.6 is 11.3 Å². The van der Waals surface area contributed by atoms with E-state index in [0.717, 1.165) is 5.56 Å². The number of hydrogen-bond donors (Lipinski definition) is 2. The van der Waals surface area contributed by atoms with Crippen LogP contribution in [0.1, 0.15) is 37.2 Å². The van der Waals surface area contributed by atoms with Gasteiger partial charge in [0.25, 0.3) is 5.91 Å². The average Bonchev–Trinajstić information content (AvgIpc) is 3.07. The fourth-order valence-electron chi connectivity index (χ4n) is 2.08. The van der Waals surface area contributed by atoms with Crippen molar-refractivity contribution in [2.45, 2.75) is 32.2 Å². The van der Waals surface area contributed by atoms with E-state index in [1.807, 2.05) is 6.92 Å². The number of carboxylic acid groups (broad SMARTS) is 1. The second kappa shape index (κ2) is 6.27. The number of amides is 1. The highest BCUT2D eigenvalue weighted by Gasteiger charge is 2.34. The van der Waals surface area contributed by atoms with Crippen LogP contribution in [0.2, 0.25) is 0 Å². The van der Waals surface area contributed by atoms with E-state index in [1.165, 1.54) is 18.3 Å². The van der Waals surface area contributed by atoms with Crippen molar-refractivity contribution in [3.05, 3.63) is 23.5 Å². The lowest BCUT2D eigenvalue weighted by molar-refractivity contribution is -0.144. The molecule has 118 valence electrons. The molecule has 0 aliphatic rings. The molecular weight excluding hydrogens is 304 g/mol. The molecule has 8 heteroatoms. The van der Waals surface area contributed by atoms with Gasteiger partial charge in [-0.2, -0.15) is 5.10 Å². The van der Waals surface area contributed by atoms with Gasteiger partial charge in [0.05, 0.1) is 6.20 Å². The Hall–Kier alpha value is -2.22. The largest absolute Gasteiger partial charge is 0.480 e. The third-order valence-corrected chi connectivity index (χ3v) is 4.19. The summed E-state index contributed by atoms with van der Waals surface area (Å²) >= 11 is 1.32. The summed E-state index contributed by atoms with van der Waals surface area (Å²) in [5.74, 6) is -1.53. The fourth-order valence-corrected chi connectivity index (χ4v) is 2.86. The number of nitrogens with one attached hydrogen (secondary N) is 1. The zero-order valence-electron chi connectivity index (χ0n) is 12.7. The number of carboxylic acids is 1.